The monoisotopic (exact) mass is 315 g/mol. The van der Waals surface area contributed by atoms with E-state index in [0.29, 0.717) is 6.07 Å². The summed E-state index contributed by atoms with van der Waals surface area (Å²) < 4.78 is 44.4. The highest BCUT2D eigenvalue weighted by Gasteiger charge is 2.31. The molecule has 0 aliphatic carbocycles. The van der Waals surface area contributed by atoms with Crippen LogP contribution in [0.25, 0.3) is 0 Å². The molecule has 100 valence electrons. The van der Waals surface area contributed by atoms with Crippen molar-refractivity contribution in [1.82, 2.24) is 0 Å². The standard InChI is InChI=1S/C6H6ClN3O6S2/c7-5-3(17(8,13)14)1-2-4(18(9,15)16)6(5)10(11)12/h1-2H,(H2,8,13,14)(H2,9,15,16). The Balaban J connectivity index is 3.87. The van der Waals surface area contributed by atoms with E-state index in [2.05, 4.69) is 0 Å². The number of nitrogens with zero attached hydrogens (tertiary/aromatic N) is 1. The highest BCUT2D eigenvalue weighted by atomic mass is 35.5. The minimum atomic E-state index is -4.42. The number of hydrogen-bond acceptors (Lipinski definition) is 6. The van der Waals surface area contributed by atoms with E-state index in [4.69, 9.17) is 21.9 Å². The average molecular weight is 316 g/mol. The first-order valence-electron chi connectivity index (χ1n) is 3.98. The molecule has 18 heavy (non-hydrogen) atoms. The van der Waals surface area contributed by atoms with E-state index in [9.17, 15) is 26.9 Å². The largest absolute Gasteiger partial charge is 0.309 e. The molecule has 0 bridgehead atoms. The molecule has 0 saturated carbocycles. The molecule has 0 spiro atoms. The Morgan fingerprint density at radius 1 is 1.06 bits per heavy atom. The molecule has 1 aromatic rings. The maximum Gasteiger partial charge on any atom is 0.309 e. The molecule has 0 amide bonds. The van der Waals surface area contributed by atoms with Crippen LogP contribution in [0, 0.1) is 10.1 Å². The minimum absolute atomic E-state index is 0.652. The lowest BCUT2D eigenvalue weighted by Gasteiger charge is -2.05. The van der Waals surface area contributed by atoms with Gasteiger partial charge in [0.2, 0.25) is 20.0 Å². The number of nitro groups is 1. The van der Waals surface area contributed by atoms with Crippen LogP contribution in [0.2, 0.25) is 5.02 Å². The van der Waals surface area contributed by atoms with Gasteiger partial charge in [0.25, 0.3) is 0 Å². The quantitative estimate of drug-likeness (QED) is 0.566. The molecule has 1 rings (SSSR count). The van der Waals surface area contributed by atoms with Crippen LogP contribution in [0.5, 0.6) is 0 Å². The predicted molar refractivity (Wildman–Crippen MR) is 60.9 cm³/mol. The Morgan fingerprint density at radius 2 is 1.44 bits per heavy atom. The van der Waals surface area contributed by atoms with Crippen molar-refractivity contribution >= 4 is 37.3 Å². The second-order valence-electron chi connectivity index (χ2n) is 3.07. The summed E-state index contributed by atoms with van der Waals surface area (Å²) in [7, 11) is -8.75. The molecule has 0 heterocycles. The zero-order valence-electron chi connectivity index (χ0n) is 8.40. The Kier molecular flexibility index (Phi) is 3.65. The van der Waals surface area contributed by atoms with Crippen molar-refractivity contribution in [2.75, 3.05) is 0 Å². The van der Waals surface area contributed by atoms with Gasteiger partial charge in [0.05, 0.1) is 4.92 Å². The van der Waals surface area contributed by atoms with Crippen LogP contribution in [0.15, 0.2) is 21.9 Å². The number of primary sulfonamides is 2. The summed E-state index contributed by atoms with van der Waals surface area (Å²) >= 11 is 5.48. The predicted octanol–water partition coefficient (Wildman–Crippen LogP) is -0.457. The van der Waals surface area contributed by atoms with Crippen LogP contribution in [-0.4, -0.2) is 21.8 Å². The molecule has 0 aromatic heterocycles. The molecule has 0 aliphatic heterocycles. The number of sulfonamides is 2. The topological polar surface area (TPSA) is 163 Å². The molecule has 0 unspecified atom stereocenters. The second-order valence-corrected chi connectivity index (χ2v) is 6.51. The van der Waals surface area contributed by atoms with Crippen molar-refractivity contribution in [2.24, 2.45) is 10.3 Å². The normalized spacial score (nSPS) is 12.4. The lowest BCUT2D eigenvalue weighted by Crippen LogP contribution is -2.17. The number of hydrogen-bond donors (Lipinski definition) is 2. The Bertz CT molecular complexity index is 726. The van der Waals surface area contributed by atoms with E-state index >= 15 is 0 Å². The highest BCUT2D eigenvalue weighted by molar-refractivity contribution is 7.89. The van der Waals surface area contributed by atoms with Crippen molar-refractivity contribution in [3.05, 3.63) is 27.3 Å². The molecular weight excluding hydrogens is 310 g/mol. The first-order chi connectivity index (χ1) is 7.96. The van der Waals surface area contributed by atoms with Crippen molar-refractivity contribution in [3.8, 4) is 0 Å². The van der Waals surface area contributed by atoms with Crippen molar-refractivity contribution < 1.29 is 21.8 Å². The van der Waals surface area contributed by atoms with Gasteiger partial charge in [-0.25, -0.2) is 27.1 Å². The fraction of sp³-hybridized carbons (Fsp3) is 0. The maximum absolute atomic E-state index is 11.1. The smallest absolute Gasteiger partial charge is 0.258 e. The molecule has 9 nitrogen and oxygen atoms in total. The molecular formula is C6H6ClN3O6S2. The first kappa shape index (κ1) is 14.8. The fourth-order valence-corrected chi connectivity index (χ4v) is 3.07. The Morgan fingerprint density at radius 3 is 1.78 bits per heavy atom. The average Bonchev–Trinajstić information content (AvgIpc) is 2.12. The van der Waals surface area contributed by atoms with Crippen LogP contribution in [0.1, 0.15) is 0 Å². The van der Waals surface area contributed by atoms with Gasteiger partial charge in [-0.2, -0.15) is 0 Å². The summed E-state index contributed by atoms with van der Waals surface area (Å²) in [5.41, 5.74) is -1.13. The van der Waals surface area contributed by atoms with Gasteiger partial charge in [0, 0.05) is 0 Å². The summed E-state index contributed by atoms with van der Waals surface area (Å²) in [5.74, 6) is 0. The number of nitrogens with two attached hydrogens (primary N) is 2. The molecule has 1 aromatic carbocycles. The van der Waals surface area contributed by atoms with Crippen molar-refractivity contribution in [2.45, 2.75) is 9.79 Å². The van der Waals surface area contributed by atoms with E-state index < -0.39 is 45.5 Å². The molecule has 0 saturated heterocycles. The van der Waals surface area contributed by atoms with Crippen molar-refractivity contribution in [3.63, 3.8) is 0 Å². The first-order valence-corrected chi connectivity index (χ1v) is 7.46. The molecule has 0 fully saturated rings. The molecule has 4 N–H and O–H groups in total. The summed E-state index contributed by atoms with van der Waals surface area (Å²) in [5, 5.41) is 19.3. The highest BCUT2D eigenvalue weighted by Crippen LogP contribution is 2.35. The fourth-order valence-electron chi connectivity index (χ4n) is 1.15. The van der Waals surface area contributed by atoms with Crippen LogP contribution >= 0.6 is 11.6 Å². The molecule has 0 radical (unpaired) electrons. The van der Waals surface area contributed by atoms with Gasteiger partial charge < -0.3 is 0 Å². The SMILES string of the molecule is NS(=O)(=O)c1ccc(S(N)(=O)=O)c([N+](=O)[O-])c1Cl. The third kappa shape index (κ3) is 2.76. The minimum Gasteiger partial charge on any atom is -0.258 e. The van der Waals surface area contributed by atoms with E-state index in [1.165, 1.54) is 0 Å². The molecule has 12 heteroatoms. The summed E-state index contributed by atoms with van der Waals surface area (Å²) in [6.07, 6.45) is 0. The van der Waals surface area contributed by atoms with Gasteiger partial charge in [-0.3, -0.25) is 10.1 Å². The summed E-state index contributed by atoms with van der Waals surface area (Å²) in [6, 6.07) is 1.38. The third-order valence-corrected chi connectivity index (χ3v) is 4.23. The Hall–Kier alpha value is -1.27. The van der Waals surface area contributed by atoms with Crippen LogP contribution in [0.3, 0.4) is 0 Å². The molecule has 0 atom stereocenters. The van der Waals surface area contributed by atoms with Crippen molar-refractivity contribution in [1.29, 1.82) is 0 Å². The lowest BCUT2D eigenvalue weighted by atomic mass is 10.3. The summed E-state index contributed by atoms with van der Waals surface area (Å²) in [6.45, 7) is 0. The third-order valence-electron chi connectivity index (χ3n) is 1.84. The molecule has 0 aliphatic rings. The lowest BCUT2D eigenvalue weighted by molar-refractivity contribution is -0.387. The van der Waals surface area contributed by atoms with Gasteiger partial charge in [-0.1, -0.05) is 11.6 Å². The summed E-state index contributed by atoms with van der Waals surface area (Å²) in [4.78, 5) is 7.92. The zero-order valence-corrected chi connectivity index (χ0v) is 10.8. The van der Waals surface area contributed by atoms with E-state index in [1.54, 1.807) is 0 Å². The number of nitro benzene ring substituents is 1. The number of halogens is 1. The van der Waals surface area contributed by atoms with E-state index in [-0.39, 0.29) is 0 Å². The van der Waals surface area contributed by atoms with Gasteiger partial charge in [-0.05, 0) is 12.1 Å². The number of rotatable bonds is 3. The van der Waals surface area contributed by atoms with E-state index in [0.717, 1.165) is 6.07 Å². The van der Waals surface area contributed by atoms with Gasteiger partial charge in [0.15, 0.2) is 4.90 Å². The number of benzene rings is 1. The maximum atomic E-state index is 11.1. The van der Waals surface area contributed by atoms with Crippen LogP contribution < -0.4 is 10.3 Å². The zero-order chi connectivity index (χ0) is 14.3. The van der Waals surface area contributed by atoms with Gasteiger partial charge in [0.1, 0.15) is 9.92 Å². The van der Waals surface area contributed by atoms with Gasteiger partial charge in [-0.15, -0.1) is 0 Å². The van der Waals surface area contributed by atoms with Gasteiger partial charge >= 0.3 is 5.69 Å². The van der Waals surface area contributed by atoms with Crippen LogP contribution in [-0.2, 0) is 20.0 Å². The second kappa shape index (κ2) is 4.44. The Labute approximate surface area is 107 Å². The van der Waals surface area contributed by atoms with Crippen LogP contribution in [0.4, 0.5) is 5.69 Å². The van der Waals surface area contributed by atoms with E-state index in [1.807, 2.05) is 0 Å².